The fraction of sp³-hybridized carbons (Fsp3) is 0.222. The van der Waals surface area contributed by atoms with Crippen LogP contribution in [0.3, 0.4) is 0 Å². The van der Waals surface area contributed by atoms with Crippen LogP contribution in [0.1, 0.15) is 11.4 Å². The van der Waals surface area contributed by atoms with Crippen molar-refractivity contribution in [1.29, 1.82) is 5.41 Å². The van der Waals surface area contributed by atoms with E-state index >= 15 is 0 Å². The van der Waals surface area contributed by atoms with E-state index < -0.39 is 9.85 Å². The predicted octanol–water partition coefficient (Wildman–Crippen LogP) is 0.844. The minimum absolute atomic E-state index is 0.135. The number of aryl methyl sites for hydroxylation is 1. The fourth-order valence-corrected chi connectivity index (χ4v) is 1.63. The Labute approximate surface area is 111 Å². The molecule has 0 saturated heterocycles. The maximum absolute atomic E-state index is 10.7. The first-order valence-electron chi connectivity index (χ1n) is 5.32. The first-order valence-corrected chi connectivity index (χ1v) is 5.32. The molecule has 11 heteroatoms. The van der Waals surface area contributed by atoms with Gasteiger partial charge < -0.3 is 0 Å². The zero-order chi connectivity index (χ0) is 15.0. The number of rotatable bonds is 2. The van der Waals surface area contributed by atoms with E-state index in [0.29, 0.717) is 0 Å². The molecule has 1 N–H and O–H groups in total. The Bertz CT molecular complexity index is 729. The van der Waals surface area contributed by atoms with Crippen molar-refractivity contribution in [3.8, 4) is 0 Å². The highest BCUT2D eigenvalue weighted by atomic mass is 16.6. The van der Waals surface area contributed by atoms with Crippen LogP contribution in [0, 0.1) is 39.5 Å². The van der Waals surface area contributed by atoms with Gasteiger partial charge in [-0.3, -0.25) is 25.6 Å². The number of nitrogens with one attached hydrogen (secondary N) is 1. The molecule has 20 heavy (non-hydrogen) atoms. The first kappa shape index (κ1) is 13.3. The van der Waals surface area contributed by atoms with Gasteiger partial charge >= 0.3 is 11.4 Å². The average Bonchev–Trinajstić information content (AvgIpc) is 2.91. The molecule has 0 fully saturated rings. The summed E-state index contributed by atoms with van der Waals surface area (Å²) in [5, 5.41) is 36.8. The van der Waals surface area contributed by atoms with E-state index in [0.717, 1.165) is 21.8 Å². The van der Waals surface area contributed by atoms with Crippen LogP contribution in [0.2, 0.25) is 0 Å². The van der Waals surface area contributed by atoms with Crippen molar-refractivity contribution in [2.24, 2.45) is 0 Å². The normalized spacial score (nSPS) is 10.5. The molecular formula is C9H9N7O4. The molecule has 0 aliphatic carbocycles. The molecule has 0 spiro atoms. The van der Waals surface area contributed by atoms with Gasteiger partial charge in [-0.2, -0.15) is 19.6 Å². The van der Waals surface area contributed by atoms with Gasteiger partial charge in [-0.1, -0.05) is 0 Å². The van der Waals surface area contributed by atoms with Crippen molar-refractivity contribution in [3.63, 3.8) is 0 Å². The second-order valence-electron chi connectivity index (χ2n) is 3.91. The van der Waals surface area contributed by atoms with Gasteiger partial charge in [0.1, 0.15) is 23.8 Å². The molecular weight excluding hydrogens is 270 g/mol. The summed E-state index contributed by atoms with van der Waals surface area (Å²) in [7, 11) is 0. The highest BCUT2D eigenvalue weighted by Crippen LogP contribution is 2.18. The van der Waals surface area contributed by atoms with Gasteiger partial charge in [0.05, 0.1) is 9.85 Å². The molecule has 0 atom stereocenters. The monoisotopic (exact) mass is 279 g/mol. The van der Waals surface area contributed by atoms with E-state index in [1.807, 2.05) is 0 Å². The molecule has 0 aliphatic heterocycles. The lowest BCUT2D eigenvalue weighted by molar-refractivity contribution is -0.385. The maximum Gasteiger partial charge on any atom is 0.310 e. The van der Waals surface area contributed by atoms with E-state index in [1.54, 1.807) is 0 Å². The molecule has 104 valence electrons. The quantitative estimate of drug-likeness (QED) is 0.373. The minimum atomic E-state index is -0.622. The van der Waals surface area contributed by atoms with E-state index in [1.165, 1.54) is 13.8 Å². The molecule has 2 aromatic heterocycles. The first-order chi connectivity index (χ1) is 9.32. The molecule has 0 saturated carbocycles. The topological polar surface area (TPSA) is 146 Å². The summed E-state index contributed by atoms with van der Waals surface area (Å²) in [4.78, 5) is 20.2. The largest absolute Gasteiger partial charge is 0.310 e. The number of nitro groups is 2. The van der Waals surface area contributed by atoms with Crippen molar-refractivity contribution in [2.75, 3.05) is 0 Å². The Kier molecular flexibility index (Phi) is 3.02. The summed E-state index contributed by atoms with van der Waals surface area (Å²) in [6.07, 6.45) is 2.07. The molecule has 0 radical (unpaired) electrons. The van der Waals surface area contributed by atoms with Crippen LogP contribution < -0.4 is 0 Å². The van der Waals surface area contributed by atoms with Crippen LogP contribution in [0.4, 0.5) is 11.4 Å². The Morgan fingerprint density at radius 3 is 2.30 bits per heavy atom. The Balaban J connectivity index is 2.44. The third kappa shape index (κ3) is 2.00. The molecule has 0 bridgehead atoms. The summed E-state index contributed by atoms with van der Waals surface area (Å²) >= 11 is 0. The van der Waals surface area contributed by atoms with Crippen LogP contribution in [-0.4, -0.2) is 35.4 Å². The van der Waals surface area contributed by atoms with Gasteiger partial charge in [0.2, 0.25) is 5.96 Å². The molecule has 0 aromatic carbocycles. The lowest BCUT2D eigenvalue weighted by Crippen LogP contribution is -2.23. The molecule has 0 unspecified atom stereocenters. The zero-order valence-electron chi connectivity index (χ0n) is 10.5. The van der Waals surface area contributed by atoms with Gasteiger partial charge in [-0.15, -0.1) is 0 Å². The lowest BCUT2D eigenvalue weighted by atomic mass is 10.4. The van der Waals surface area contributed by atoms with Gasteiger partial charge in [0, 0.05) is 0 Å². The lowest BCUT2D eigenvalue weighted by Gasteiger charge is -2.04. The van der Waals surface area contributed by atoms with Crippen molar-refractivity contribution >= 4 is 17.3 Å². The van der Waals surface area contributed by atoms with Gasteiger partial charge in [-0.05, 0) is 13.8 Å². The van der Waals surface area contributed by atoms with Gasteiger partial charge in [-0.25, -0.2) is 0 Å². The second kappa shape index (κ2) is 4.53. The van der Waals surface area contributed by atoms with Crippen molar-refractivity contribution in [1.82, 2.24) is 19.6 Å². The minimum Gasteiger partial charge on any atom is -0.265 e. The van der Waals surface area contributed by atoms with Crippen molar-refractivity contribution in [2.45, 2.75) is 13.8 Å². The molecule has 2 heterocycles. The predicted molar refractivity (Wildman–Crippen MR) is 65.8 cm³/mol. The zero-order valence-corrected chi connectivity index (χ0v) is 10.5. The Morgan fingerprint density at radius 2 is 1.85 bits per heavy atom. The maximum atomic E-state index is 10.7. The molecule has 2 rings (SSSR count). The van der Waals surface area contributed by atoms with E-state index in [-0.39, 0.29) is 28.7 Å². The molecule has 11 nitrogen and oxygen atoms in total. The van der Waals surface area contributed by atoms with Crippen LogP contribution in [0.15, 0.2) is 12.4 Å². The van der Waals surface area contributed by atoms with Gasteiger partial charge in [0.15, 0.2) is 0 Å². The van der Waals surface area contributed by atoms with Crippen LogP contribution in [0.5, 0.6) is 0 Å². The molecule has 0 amide bonds. The SMILES string of the molecule is Cc1nn(C(=N)n2ncc([N+](=O)[O-])c2C)cc1[N+](=O)[O-]. The summed E-state index contributed by atoms with van der Waals surface area (Å²) in [5.41, 5.74) is -0.211. The van der Waals surface area contributed by atoms with Gasteiger partial charge in [0.25, 0.3) is 0 Å². The van der Waals surface area contributed by atoms with E-state index in [2.05, 4.69) is 10.2 Å². The Morgan fingerprint density at radius 1 is 1.25 bits per heavy atom. The number of aromatic nitrogens is 4. The summed E-state index contributed by atoms with van der Waals surface area (Å²) < 4.78 is 1.92. The molecule has 2 aromatic rings. The standard InChI is InChI=1S/C9H9N7O4/c1-5-8(16(19)20)4-13(12-5)9(10)14-6(2)7(3-11-14)15(17)18/h3-4,10H,1-2H3. The fourth-order valence-electron chi connectivity index (χ4n) is 1.63. The van der Waals surface area contributed by atoms with Crippen molar-refractivity contribution in [3.05, 3.63) is 44.0 Å². The second-order valence-corrected chi connectivity index (χ2v) is 3.91. The highest BCUT2D eigenvalue weighted by molar-refractivity contribution is 5.81. The van der Waals surface area contributed by atoms with E-state index in [9.17, 15) is 20.2 Å². The van der Waals surface area contributed by atoms with Crippen LogP contribution in [0.25, 0.3) is 0 Å². The average molecular weight is 279 g/mol. The van der Waals surface area contributed by atoms with Crippen molar-refractivity contribution < 1.29 is 9.85 Å². The highest BCUT2D eigenvalue weighted by Gasteiger charge is 2.22. The number of hydrogen-bond donors (Lipinski definition) is 1. The smallest absolute Gasteiger partial charge is 0.265 e. The summed E-state index contributed by atoms with van der Waals surface area (Å²) in [6, 6.07) is 0. The Hall–Kier alpha value is -3.11. The van der Waals surface area contributed by atoms with Crippen LogP contribution >= 0.6 is 0 Å². The molecule has 0 aliphatic rings. The number of hydrogen-bond acceptors (Lipinski definition) is 7. The third-order valence-electron chi connectivity index (χ3n) is 2.67. The number of nitrogens with zero attached hydrogens (tertiary/aromatic N) is 6. The summed E-state index contributed by atoms with van der Waals surface area (Å²) in [6.45, 7) is 2.85. The summed E-state index contributed by atoms with van der Waals surface area (Å²) in [5.74, 6) is -0.341. The van der Waals surface area contributed by atoms with Crippen LogP contribution in [-0.2, 0) is 0 Å². The third-order valence-corrected chi connectivity index (χ3v) is 2.67. The van der Waals surface area contributed by atoms with E-state index in [4.69, 9.17) is 5.41 Å².